The first-order valence-corrected chi connectivity index (χ1v) is 7.87. The first-order chi connectivity index (χ1) is 12.3. The van der Waals surface area contributed by atoms with E-state index in [4.69, 9.17) is 16.0 Å². The molecule has 0 aliphatic carbocycles. The van der Waals surface area contributed by atoms with Gasteiger partial charge in [-0.25, -0.2) is 19.3 Å². The number of aliphatic carboxylic acids is 1. The van der Waals surface area contributed by atoms with E-state index in [1.54, 1.807) is 19.0 Å². The van der Waals surface area contributed by atoms with Gasteiger partial charge in [0.25, 0.3) is 0 Å². The van der Waals surface area contributed by atoms with Gasteiger partial charge in [0.05, 0.1) is 16.3 Å². The summed E-state index contributed by atoms with van der Waals surface area (Å²) < 4.78 is 19.4. The molecule has 0 bridgehead atoms. The van der Waals surface area contributed by atoms with Gasteiger partial charge < -0.3 is 19.2 Å². The number of carbonyl (C=O) groups is 1. The van der Waals surface area contributed by atoms with E-state index >= 15 is 0 Å². The predicted molar refractivity (Wildman–Crippen MR) is 91.0 cm³/mol. The number of benzene rings is 1. The summed E-state index contributed by atoms with van der Waals surface area (Å²) in [4.78, 5) is 25.3. The van der Waals surface area contributed by atoms with Crippen molar-refractivity contribution in [3.63, 3.8) is 0 Å². The van der Waals surface area contributed by atoms with E-state index in [-0.39, 0.29) is 22.4 Å². The summed E-state index contributed by atoms with van der Waals surface area (Å²) in [6.07, 6.45) is 2.52. The van der Waals surface area contributed by atoms with Crippen LogP contribution in [0.3, 0.4) is 0 Å². The lowest BCUT2D eigenvalue weighted by Crippen LogP contribution is -2.24. The van der Waals surface area contributed by atoms with Gasteiger partial charge in [0, 0.05) is 44.4 Å². The molecule has 134 valence electrons. The normalized spacial score (nSPS) is 10.8. The van der Waals surface area contributed by atoms with Crippen LogP contribution in [0.15, 0.2) is 35.0 Å². The molecule has 0 saturated carbocycles. The van der Waals surface area contributed by atoms with Crippen LogP contribution in [0, 0.1) is 5.82 Å². The van der Waals surface area contributed by atoms with E-state index in [2.05, 4.69) is 15.0 Å². The molecule has 3 rings (SSSR count). The molecule has 0 saturated heterocycles. The van der Waals surface area contributed by atoms with Crippen molar-refractivity contribution in [2.45, 2.75) is 6.42 Å². The van der Waals surface area contributed by atoms with Gasteiger partial charge in [0.2, 0.25) is 11.8 Å². The van der Waals surface area contributed by atoms with Crippen LogP contribution in [0.1, 0.15) is 5.69 Å². The fourth-order valence-corrected chi connectivity index (χ4v) is 2.37. The van der Waals surface area contributed by atoms with E-state index in [0.29, 0.717) is 17.1 Å². The fourth-order valence-electron chi connectivity index (χ4n) is 2.26. The minimum atomic E-state index is -1.33. The van der Waals surface area contributed by atoms with Crippen molar-refractivity contribution in [2.24, 2.45) is 0 Å². The highest BCUT2D eigenvalue weighted by Crippen LogP contribution is 2.31. The van der Waals surface area contributed by atoms with Gasteiger partial charge in [-0.05, 0) is 18.2 Å². The number of nitrogens with zero attached hydrogens (tertiary/aromatic N) is 4. The van der Waals surface area contributed by atoms with E-state index in [9.17, 15) is 14.3 Å². The molecule has 9 heteroatoms. The first-order valence-electron chi connectivity index (χ1n) is 7.50. The van der Waals surface area contributed by atoms with Crippen LogP contribution in [0.2, 0.25) is 5.02 Å². The Labute approximate surface area is 153 Å². The Bertz CT molecular complexity index is 957. The van der Waals surface area contributed by atoms with Crippen molar-refractivity contribution in [1.82, 2.24) is 15.0 Å². The number of carboxylic acid groups (broad SMARTS) is 1. The average Bonchev–Trinajstić information content (AvgIpc) is 3.00. The number of rotatable bonds is 5. The molecule has 0 aliphatic rings. The minimum absolute atomic E-state index is 0.0531. The van der Waals surface area contributed by atoms with Gasteiger partial charge >= 0.3 is 0 Å². The molecule has 0 atom stereocenters. The zero-order valence-corrected chi connectivity index (χ0v) is 14.6. The van der Waals surface area contributed by atoms with Crippen LogP contribution in [-0.4, -0.2) is 35.0 Å². The predicted octanol–water partition coefficient (Wildman–Crippen LogP) is 1.95. The van der Waals surface area contributed by atoms with E-state index in [1.165, 1.54) is 24.5 Å². The molecule has 0 fully saturated rings. The molecule has 0 spiro atoms. The van der Waals surface area contributed by atoms with Crippen LogP contribution in [0.5, 0.6) is 0 Å². The van der Waals surface area contributed by atoms with Gasteiger partial charge in [-0.1, -0.05) is 11.6 Å². The Kier molecular flexibility index (Phi) is 4.85. The third kappa shape index (κ3) is 3.65. The number of hydrogen-bond donors (Lipinski definition) is 0. The lowest BCUT2D eigenvalue weighted by atomic mass is 10.1. The summed E-state index contributed by atoms with van der Waals surface area (Å²) in [7, 11) is 3.59. The molecule has 0 aliphatic heterocycles. The number of anilines is 1. The fraction of sp³-hybridized carbons (Fsp3) is 0.176. The Balaban J connectivity index is 2.06. The van der Waals surface area contributed by atoms with Crippen molar-refractivity contribution < 1.29 is 18.7 Å². The summed E-state index contributed by atoms with van der Waals surface area (Å²) in [6, 6.07) is 4.02. The molecule has 7 nitrogen and oxygen atoms in total. The zero-order chi connectivity index (χ0) is 18.8. The summed E-state index contributed by atoms with van der Waals surface area (Å²) in [5, 5.41) is 11.0. The molecule has 0 unspecified atom stereocenters. The van der Waals surface area contributed by atoms with Crippen molar-refractivity contribution in [3.05, 3.63) is 47.1 Å². The summed E-state index contributed by atoms with van der Waals surface area (Å²) in [5.41, 5.74) is 0.877. The van der Waals surface area contributed by atoms with Crippen LogP contribution < -0.4 is 10.0 Å². The number of hydrogen-bond acceptors (Lipinski definition) is 7. The number of aromatic nitrogens is 3. The molecule has 26 heavy (non-hydrogen) atoms. The van der Waals surface area contributed by atoms with Crippen LogP contribution >= 0.6 is 11.6 Å². The highest BCUT2D eigenvalue weighted by molar-refractivity contribution is 6.30. The molecule has 0 N–H and O–H groups in total. The Morgan fingerprint density at radius 1 is 1.27 bits per heavy atom. The van der Waals surface area contributed by atoms with Gasteiger partial charge in [-0.3, -0.25) is 0 Å². The Morgan fingerprint density at radius 2 is 1.96 bits per heavy atom. The van der Waals surface area contributed by atoms with Gasteiger partial charge in [0.15, 0.2) is 5.76 Å². The maximum atomic E-state index is 13.8. The third-order valence-corrected chi connectivity index (χ3v) is 3.78. The van der Waals surface area contributed by atoms with Crippen molar-refractivity contribution >= 4 is 23.5 Å². The molecule has 2 heterocycles. The Morgan fingerprint density at radius 3 is 2.54 bits per heavy atom. The topological polar surface area (TPSA) is 95.2 Å². The maximum absolute atomic E-state index is 13.8. The summed E-state index contributed by atoms with van der Waals surface area (Å²) >= 11 is 5.69. The summed E-state index contributed by atoms with van der Waals surface area (Å²) in [5.74, 6) is -1.25. The number of halogens is 2. The van der Waals surface area contributed by atoms with Gasteiger partial charge in [-0.2, -0.15) is 0 Å². The standard InChI is InChI=1S/C17H14ClFN4O3/c1-23(2)17-20-7-10(8-21-17)16-22-13(6-14(24)25)15(26-16)9-3-4-11(18)12(19)5-9/h3-5,7-8H,6H2,1-2H3,(H,24,25)/p-1. The zero-order valence-electron chi connectivity index (χ0n) is 13.9. The highest BCUT2D eigenvalue weighted by Gasteiger charge is 2.18. The van der Waals surface area contributed by atoms with Crippen LogP contribution in [0.4, 0.5) is 10.3 Å². The molecule has 3 aromatic rings. The van der Waals surface area contributed by atoms with E-state index < -0.39 is 18.2 Å². The third-order valence-electron chi connectivity index (χ3n) is 3.48. The SMILES string of the molecule is CN(C)c1ncc(-c2nc(CC(=O)[O-])c(-c3ccc(Cl)c(F)c3)o2)cn1. The lowest BCUT2D eigenvalue weighted by molar-refractivity contribution is -0.304. The van der Waals surface area contributed by atoms with Gasteiger partial charge in [0.1, 0.15) is 5.82 Å². The highest BCUT2D eigenvalue weighted by atomic mass is 35.5. The van der Waals surface area contributed by atoms with E-state index in [1.807, 2.05) is 0 Å². The monoisotopic (exact) mass is 375 g/mol. The second kappa shape index (κ2) is 7.09. The number of oxazole rings is 1. The van der Waals surface area contributed by atoms with E-state index in [0.717, 1.165) is 6.07 Å². The van der Waals surface area contributed by atoms with Crippen molar-refractivity contribution in [3.8, 4) is 22.8 Å². The first kappa shape index (κ1) is 17.8. The van der Waals surface area contributed by atoms with Gasteiger partial charge in [-0.15, -0.1) is 0 Å². The van der Waals surface area contributed by atoms with Crippen molar-refractivity contribution in [1.29, 1.82) is 0 Å². The molecule has 1 aromatic carbocycles. The van der Waals surface area contributed by atoms with Crippen LogP contribution in [0.25, 0.3) is 22.8 Å². The molecular formula is C17H13ClFN4O3-. The molecule has 0 radical (unpaired) electrons. The van der Waals surface area contributed by atoms with Crippen molar-refractivity contribution in [2.75, 3.05) is 19.0 Å². The second-order valence-corrected chi connectivity index (χ2v) is 6.05. The lowest BCUT2D eigenvalue weighted by Gasteiger charge is -2.08. The quantitative estimate of drug-likeness (QED) is 0.672. The minimum Gasteiger partial charge on any atom is -0.550 e. The molecule has 2 aromatic heterocycles. The summed E-state index contributed by atoms with van der Waals surface area (Å²) in [6.45, 7) is 0. The molecular weight excluding hydrogens is 363 g/mol. The number of carbonyl (C=O) groups excluding carboxylic acids is 1. The second-order valence-electron chi connectivity index (χ2n) is 5.64. The number of carboxylic acids is 1. The largest absolute Gasteiger partial charge is 0.550 e. The smallest absolute Gasteiger partial charge is 0.230 e. The Hall–Kier alpha value is -3.00. The van der Waals surface area contributed by atoms with Crippen LogP contribution in [-0.2, 0) is 11.2 Å². The maximum Gasteiger partial charge on any atom is 0.230 e. The molecule has 0 amide bonds. The average molecular weight is 376 g/mol.